The molecular weight excluding hydrogens is 243 g/mol. The van der Waals surface area contributed by atoms with Crippen molar-refractivity contribution >= 4 is 0 Å². The topological polar surface area (TPSA) is 47.3 Å². The van der Waals surface area contributed by atoms with Gasteiger partial charge in [0, 0.05) is 6.42 Å². The molecule has 2 aromatic rings. The minimum Gasteiger partial charge on any atom is -0.493 e. The van der Waals surface area contributed by atoms with Crippen molar-refractivity contribution in [2.45, 2.75) is 12.5 Å². The Morgan fingerprint density at radius 2 is 1.84 bits per heavy atom. The lowest BCUT2D eigenvalue weighted by molar-refractivity contribution is 0.357. The smallest absolute Gasteiger partial charge is 0.123 e. The van der Waals surface area contributed by atoms with E-state index in [1.807, 2.05) is 12.1 Å². The first-order chi connectivity index (χ1) is 9.28. The van der Waals surface area contributed by atoms with Crippen LogP contribution in [-0.2, 0) is 6.42 Å². The van der Waals surface area contributed by atoms with E-state index in [-0.39, 0.29) is 11.9 Å². The number of nitrogens with one attached hydrogen (secondary N) is 1. The van der Waals surface area contributed by atoms with Gasteiger partial charge in [0.2, 0.25) is 0 Å². The molecule has 1 unspecified atom stereocenters. The summed E-state index contributed by atoms with van der Waals surface area (Å²) in [5.74, 6) is 6.34. The summed E-state index contributed by atoms with van der Waals surface area (Å²) in [5.41, 5.74) is 5.96. The van der Waals surface area contributed by atoms with Crippen LogP contribution in [0.5, 0.6) is 5.75 Å². The zero-order valence-corrected chi connectivity index (χ0v) is 10.4. The van der Waals surface area contributed by atoms with E-state index < -0.39 is 0 Å². The number of rotatable bonds is 3. The van der Waals surface area contributed by atoms with Gasteiger partial charge in [0.1, 0.15) is 11.6 Å². The number of hydrazine groups is 1. The Hall–Kier alpha value is -1.91. The van der Waals surface area contributed by atoms with E-state index in [1.54, 1.807) is 12.1 Å². The molecule has 4 heteroatoms. The molecule has 0 saturated carbocycles. The molecule has 2 aromatic carbocycles. The van der Waals surface area contributed by atoms with Gasteiger partial charge in [-0.2, -0.15) is 0 Å². The van der Waals surface area contributed by atoms with Crippen LogP contribution < -0.4 is 16.0 Å². The second-order valence-corrected chi connectivity index (χ2v) is 4.62. The van der Waals surface area contributed by atoms with Crippen molar-refractivity contribution in [3.63, 3.8) is 0 Å². The van der Waals surface area contributed by atoms with Gasteiger partial charge in [0.05, 0.1) is 12.6 Å². The molecule has 0 bridgehead atoms. The maximum Gasteiger partial charge on any atom is 0.123 e. The van der Waals surface area contributed by atoms with Crippen molar-refractivity contribution in [2.24, 2.45) is 5.84 Å². The molecule has 3 nitrogen and oxygen atoms in total. The van der Waals surface area contributed by atoms with E-state index >= 15 is 0 Å². The maximum atomic E-state index is 13.0. The first-order valence-electron chi connectivity index (χ1n) is 6.25. The molecule has 0 radical (unpaired) electrons. The number of ether oxygens (including phenoxy) is 1. The molecule has 3 rings (SSSR count). The van der Waals surface area contributed by atoms with Crippen LogP contribution in [-0.4, -0.2) is 6.61 Å². The number of benzene rings is 2. The summed E-state index contributed by atoms with van der Waals surface area (Å²) in [4.78, 5) is 0. The molecule has 1 aliphatic rings. The van der Waals surface area contributed by atoms with Crippen LogP contribution in [0.25, 0.3) is 0 Å². The van der Waals surface area contributed by atoms with E-state index in [0.717, 1.165) is 29.9 Å². The lowest BCUT2D eigenvalue weighted by Crippen LogP contribution is -2.28. The van der Waals surface area contributed by atoms with Gasteiger partial charge in [-0.3, -0.25) is 5.84 Å². The lowest BCUT2D eigenvalue weighted by Gasteiger charge is -2.17. The molecule has 0 fully saturated rings. The van der Waals surface area contributed by atoms with Crippen molar-refractivity contribution in [3.05, 3.63) is 65.0 Å². The van der Waals surface area contributed by atoms with Gasteiger partial charge in [-0.05, 0) is 34.9 Å². The fourth-order valence-corrected chi connectivity index (χ4v) is 2.43. The van der Waals surface area contributed by atoms with Crippen LogP contribution >= 0.6 is 0 Å². The van der Waals surface area contributed by atoms with Gasteiger partial charge in [0.15, 0.2) is 0 Å². The summed E-state index contributed by atoms with van der Waals surface area (Å²) < 4.78 is 18.5. The highest BCUT2D eigenvalue weighted by molar-refractivity contribution is 5.43. The van der Waals surface area contributed by atoms with E-state index in [0.29, 0.717) is 0 Å². The first kappa shape index (κ1) is 12.1. The molecule has 0 saturated heterocycles. The first-order valence-corrected chi connectivity index (χ1v) is 6.25. The summed E-state index contributed by atoms with van der Waals surface area (Å²) in [6.07, 6.45) is 0.921. The number of hydrogen-bond acceptors (Lipinski definition) is 3. The van der Waals surface area contributed by atoms with Gasteiger partial charge >= 0.3 is 0 Å². The van der Waals surface area contributed by atoms with Gasteiger partial charge < -0.3 is 4.74 Å². The van der Waals surface area contributed by atoms with Crippen LogP contribution in [0.4, 0.5) is 4.39 Å². The minimum atomic E-state index is -0.248. The third-order valence-electron chi connectivity index (χ3n) is 3.42. The number of hydrogen-bond donors (Lipinski definition) is 2. The molecule has 1 heterocycles. The van der Waals surface area contributed by atoms with Gasteiger partial charge in [-0.1, -0.05) is 24.3 Å². The molecule has 0 aliphatic carbocycles. The van der Waals surface area contributed by atoms with Crippen LogP contribution in [0.1, 0.15) is 22.7 Å². The Balaban J connectivity index is 1.96. The van der Waals surface area contributed by atoms with E-state index in [2.05, 4.69) is 11.5 Å². The SMILES string of the molecule is NNC(c1ccc(F)cc1)c1ccc2c(c1)CCO2. The third-order valence-corrected chi connectivity index (χ3v) is 3.42. The predicted molar refractivity (Wildman–Crippen MR) is 71.2 cm³/mol. The molecular formula is C15H15FN2O. The normalized spacial score (nSPS) is 14.8. The summed E-state index contributed by atoms with van der Waals surface area (Å²) in [6, 6.07) is 12.3. The lowest BCUT2D eigenvalue weighted by atomic mass is 9.97. The Kier molecular flexibility index (Phi) is 3.19. The van der Waals surface area contributed by atoms with Crippen LogP contribution in [0.3, 0.4) is 0 Å². The fourth-order valence-electron chi connectivity index (χ4n) is 2.43. The summed E-state index contributed by atoms with van der Waals surface area (Å²) in [7, 11) is 0. The molecule has 3 N–H and O–H groups in total. The second kappa shape index (κ2) is 4.99. The molecule has 1 atom stereocenters. The van der Waals surface area contributed by atoms with Gasteiger partial charge in [-0.25, -0.2) is 9.82 Å². The second-order valence-electron chi connectivity index (χ2n) is 4.62. The van der Waals surface area contributed by atoms with Gasteiger partial charge in [0.25, 0.3) is 0 Å². The fraction of sp³-hybridized carbons (Fsp3) is 0.200. The van der Waals surface area contributed by atoms with Crippen LogP contribution in [0.2, 0.25) is 0 Å². The van der Waals surface area contributed by atoms with E-state index in [9.17, 15) is 4.39 Å². The molecule has 1 aliphatic heterocycles. The average molecular weight is 258 g/mol. The Bertz CT molecular complexity index is 583. The molecule has 19 heavy (non-hydrogen) atoms. The van der Waals surface area contributed by atoms with E-state index in [1.165, 1.54) is 17.7 Å². The van der Waals surface area contributed by atoms with Crippen LogP contribution in [0.15, 0.2) is 42.5 Å². The number of fused-ring (bicyclic) bond motifs is 1. The van der Waals surface area contributed by atoms with Crippen molar-refractivity contribution in [1.29, 1.82) is 0 Å². The summed E-state index contributed by atoms with van der Waals surface area (Å²) >= 11 is 0. The maximum absolute atomic E-state index is 13.0. The molecule has 0 amide bonds. The molecule has 98 valence electrons. The highest BCUT2D eigenvalue weighted by Gasteiger charge is 2.17. The largest absolute Gasteiger partial charge is 0.493 e. The minimum absolute atomic E-state index is 0.147. The van der Waals surface area contributed by atoms with Crippen LogP contribution in [0, 0.1) is 5.82 Å². The highest BCUT2D eigenvalue weighted by atomic mass is 19.1. The monoisotopic (exact) mass is 258 g/mol. The van der Waals surface area contributed by atoms with Crippen molar-refractivity contribution < 1.29 is 9.13 Å². The van der Waals surface area contributed by atoms with Crippen molar-refractivity contribution in [2.75, 3.05) is 6.61 Å². The summed E-state index contributed by atoms with van der Waals surface area (Å²) in [5, 5.41) is 0. The summed E-state index contributed by atoms with van der Waals surface area (Å²) in [6.45, 7) is 0.732. The van der Waals surface area contributed by atoms with Crippen molar-refractivity contribution in [1.82, 2.24) is 5.43 Å². The quantitative estimate of drug-likeness (QED) is 0.656. The number of nitrogens with two attached hydrogens (primary N) is 1. The number of halogens is 1. The third kappa shape index (κ3) is 2.32. The highest BCUT2D eigenvalue weighted by Crippen LogP contribution is 2.30. The predicted octanol–water partition coefficient (Wildman–Crippen LogP) is 2.31. The molecule has 0 aromatic heterocycles. The van der Waals surface area contributed by atoms with Gasteiger partial charge in [-0.15, -0.1) is 0 Å². The zero-order valence-electron chi connectivity index (χ0n) is 10.4. The zero-order chi connectivity index (χ0) is 13.2. The van der Waals surface area contributed by atoms with E-state index in [4.69, 9.17) is 10.6 Å². The Morgan fingerprint density at radius 3 is 2.58 bits per heavy atom. The Morgan fingerprint density at radius 1 is 1.11 bits per heavy atom. The standard InChI is InChI=1S/C15H15FN2O/c16-13-4-1-10(2-5-13)15(18-17)12-3-6-14-11(9-12)7-8-19-14/h1-6,9,15,18H,7-8,17H2. The van der Waals surface area contributed by atoms with Crippen molar-refractivity contribution in [3.8, 4) is 5.75 Å². The molecule has 0 spiro atoms. The average Bonchev–Trinajstić information content (AvgIpc) is 2.89. The Labute approximate surface area is 111 Å².